The van der Waals surface area contributed by atoms with Crippen molar-refractivity contribution in [2.24, 2.45) is 0 Å². The van der Waals surface area contributed by atoms with Gasteiger partial charge in [0.15, 0.2) is 11.5 Å². The zero-order valence-corrected chi connectivity index (χ0v) is 13.8. The van der Waals surface area contributed by atoms with E-state index in [-0.39, 0.29) is 12.8 Å². The lowest BCUT2D eigenvalue weighted by molar-refractivity contribution is -0.156. The molecule has 1 fully saturated rings. The van der Waals surface area contributed by atoms with Crippen LogP contribution in [0, 0.1) is 0 Å². The van der Waals surface area contributed by atoms with Crippen LogP contribution in [0.5, 0.6) is 11.5 Å². The summed E-state index contributed by atoms with van der Waals surface area (Å²) in [6.07, 6.45) is -2.32. The van der Waals surface area contributed by atoms with Gasteiger partial charge in [0.05, 0.1) is 13.1 Å². The van der Waals surface area contributed by atoms with Gasteiger partial charge in [-0.2, -0.15) is 13.2 Å². The van der Waals surface area contributed by atoms with E-state index in [2.05, 4.69) is 5.32 Å². The Morgan fingerprint density at radius 2 is 1.92 bits per heavy atom. The molecular formula is C16H18F3N3O4. The Balaban J connectivity index is 1.52. The Labute approximate surface area is 147 Å². The van der Waals surface area contributed by atoms with E-state index in [4.69, 9.17) is 9.47 Å². The molecule has 142 valence electrons. The van der Waals surface area contributed by atoms with Crippen molar-refractivity contribution < 1.29 is 32.2 Å². The fourth-order valence-corrected chi connectivity index (χ4v) is 2.78. The van der Waals surface area contributed by atoms with Crippen LogP contribution < -0.4 is 20.1 Å². The van der Waals surface area contributed by atoms with Crippen LogP contribution in [0.4, 0.5) is 23.7 Å². The van der Waals surface area contributed by atoms with Crippen LogP contribution in [0.3, 0.4) is 0 Å². The fourth-order valence-electron chi connectivity index (χ4n) is 2.78. The lowest BCUT2D eigenvalue weighted by Gasteiger charge is -2.37. The molecule has 1 aliphatic carbocycles. The zero-order chi connectivity index (χ0) is 18.7. The highest BCUT2D eigenvalue weighted by molar-refractivity contribution is 6.01. The Bertz CT molecular complexity index is 692. The first-order valence-corrected chi connectivity index (χ1v) is 8.11. The Hall–Kier alpha value is -2.49. The highest BCUT2D eigenvalue weighted by atomic mass is 19.4. The SMILES string of the molecule is O=C(CN(CC(F)(F)F)C1CCC1)NC(=O)Nc1ccc2c(c1)OCO2. The number of hydrogen-bond donors (Lipinski definition) is 2. The predicted octanol–water partition coefficient (Wildman–Crippen LogP) is 2.48. The van der Waals surface area contributed by atoms with Gasteiger partial charge in [-0.1, -0.05) is 6.42 Å². The van der Waals surface area contributed by atoms with Gasteiger partial charge in [-0.15, -0.1) is 0 Å². The Kier molecular flexibility index (Phi) is 5.21. The average Bonchev–Trinajstić information content (AvgIpc) is 2.90. The normalized spacial score (nSPS) is 16.3. The van der Waals surface area contributed by atoms with Crippen molar-refractivity contribution in [2.45, 2.75) is 31.5 Å². The maximum atomic E-state index is 12.7. The summed E-state index contributed by atoms with van der Waals surface area (Å²) in [4.78, 5) is 24.9. The second-order valence-electron chi connectivity index (χ2n) is 6.18. The first-order valence-electron chi connectivity index (χ1n) is 8.11. The minimum absolute atomic E-state index is 0.0830. The number of carbonyl (C=O) groups is 2. The summed E-state index contributed by atoms with van der Waals surface area (Å²) in [5.74, 6) is 0.199. The van der Waals surface area contributed by atoms with Crippen molar-refractivity contribution in [1.29, 1.82) is 0 Å². The highest BCUT2D eigenvalue weighted by Crippen LogP contribution is 2.34. The maximum Gasteiger partial charge on any atom is 0.401 e. The van der Waals surface area contributed by atoms with E-state index in [1.165, 1.54) is 6.07 Å². The number of amides is 3. The molecule has 1 heterocycles. The minimum atomic E-state index is -4.40. The van der Waals surface area contributed by atoms with Gasteiger partial charge in [-0.05, 0) is 25.0 Å². The summed E-state index contributed by atoms with van der Waals surface area (Å²) in [6.45, 7) is -1.58. The third kappa shape index (κ3) is 4.78. The van der Waals surface area contributed by atoms with Crippen molar-refractivity contribution in [3.05, 3.63) is 18.2 Å². The Morgan fingerprint density at radius 3 is 2.58 bits per heavy atom. The molecule has 0 unspecified atom stereocenters. The molecule has 0 aromatic heterocycles. The summed E-state index contributed by atoms with van der Waals surface area (Å²) in [7, 11) is 0. The van der Waals surface area contributed by atoms with Gasteiger partial charge in [-0.3, -0.25) is 15.0 Å². The van der Waals surface area contributed by atoms with E-state index < -0.39 is 31.2 Å². The number of imide groups is 1. The summed E-state index contributed by atoms with van der Waals surface area (Å²) in [6, 6.07) is 3.58. The van der Waals surface area contributed by atoms with E-state index in [0.717, 1.165) is 11.3 Å². The van der Waals surface area contributed by atoms with Crippen molar-refractivity contribution in [1.82, 2.24) is 10.2 Å². The van der Waals surface area contributed by atoms with Crippen LogP contribution in [0.25, 0.3) is 0 Å². The number of halogens is 3. The maximum absolute atomic E-state index is 12.7. The molecule has 2 N–H and O–H groups in total. The number of fused-ring (bicyclic) bond motifs is 1. The van der Waals surface area contributed by atoms with Gasteiger partial charge in [0.2, 0.25) is 12.7 Å². The van der Waals surface area contributed by atoms with Crippen molar-refractivity contribution in [3.8, 4) is 11.5 Å². The van der Waals surface area contributed by atoms with Crippen molar-refractivity contribution in [3.63, 3.8) is 0 Å². The van der Waals surface area contributed by atoms with E-state index in [9.17, 15) is 22.8 Å². The highest BCUT2D eigenvalue weighted by Gasteiger charge is 2.36. The quantitative estimate of drug-likeness (QED) is 0.829. The molecule has 2 aliphatic rings. The molecule has 3 rings (SSSR count). The van der Waals surface area contributed by atoms with Gasteiger partial charge < -0.3 is 14.8 Å². The number of benzene rings is 1. The van der Waals surface area contributed by atoms with Gasteiger partial charge in [-0.25, -0.2) is 4.79 Å². The Morgan fingerprint density at radius 1 is 1.19 bits per heavy atom. The van der Waals surface area contributed by atoms with Crippen LogP contribution in [-0.4, -0.2) is 48.9 Å². The molecule has 7 nitrogen and oxygen atoms in total. The molecule has 1 aliphatic heterocycles. The number of anilines is 1. The molecular weight excluding hydrogens is 355 g/mol. The van der Waals surface area contributed by atoms with E-state index in [1.807, 2.05) is 5.32 Å². The molecule has 0 saturated heterocycles. The number of carbonyl (C=O) groups excluding carboxylic acids is 2. The first-order chi connectivity index (χ1) is 12.3. The number of nitrogens with one attached hydrogen (secondary N) is 2. The molecule has 26 heavy (non-hydrogen) atoms. The third-order valence-electron chi connectivity index (χ3n) is 4.20. The van der Waals surface area contributed by atoms with Crippen LogP contribution in [0.2, 0.25) is 0 Å². The number of ether oxygens (including phenoxy) is 2. The number of urea groups is 1. The molecule has 10 heteroatoms. The van der Waals surface area contributed by atoms with E-state index >= 15 is 0 Å². The van der Waals surface area contributed by atoms with Gasteiger partial charge >= 0.3 is 12.2 Å². The van der Waals surface area contributed by atoms with Crippen molar-refractivity contribution in [2.75, 3.05) is 25.2 Å². The molecule has 3 amide bonds. The molecule has 1 aromatic carbocycles. The largest absolute Gasteiger partial charge is 0.454 e. The van der Waals surface area contributed by atoms with Gasteiger partial charge in [0, 0.05) is 17.8 Å². The number of rotatable bonds is 5. The van der Waals surface area contributed by atoms with Crippen molar-refractivity contribution >= 4 is 17.6 Å². The third-order valence-corrected chi connectivity index (χ3v) is 4.20. The monoisotopic (exact) mass is 373 g/mol. The van der Waals surface area contributed by atoms with E-state index in [1.54, 1.807) is 12.1 Å². The van der Waals surface area contributed by atoms with Crippen LogP contribution in [-0.2, 0) is 4.79 Å². The summed E-state index contributed by atoms with van der Waals surface area (Å²) in [5.41, 5.74) is 0.366. The standard InChI is InChI=1S/C16H18F3N3O4/c17-16(18,19)8-22(11-2-1-3-11)7-14(23)21-15(24)20-10-4-5-12-13(6-10)26-9-25-12/h4-6,11H,1-3,7-9H2,(H2,20,21,23,24). The van der Waals surface area contributed by atoms with Gasteiger partial charge in [0.25, 0.3) is 0 Å². The smallest absolute Gasteiger partial charge is 0.401 e. The zero-order valence-electron chi connectivity index (χ0n) is 13.8. The minimum Gasteiger partial charge on any atom is -0.454 e. The molecule has 1 saturated carbocycles. The first kappa shape index (κ1) is 18.3. The number of alkyl halides is 3. The lowest BCUT2D eigenvalue weighted by atomic mass is 9.91. The molecule has 0 atom stereocenters. The average molecular weight is 373 g/mol. The number of hydrogen-bond acceptors (Lipinski definition) is 5. The molecule has 1 aromatic rings. The van der Waals surface area contributed by atoms with Gasteiger partial charge in [0.1, 0.15) is 0 Å². The summed E-state index contributed by atoms with van der Waals surface area (Å²) in [5, 5.41) is 4.48. The summed E-state index contributed by atoms with van der Waals surface area (Å²) >= 11 is 0. The van der Waals surface area contributed by atoms with Crippen LogP contribution >= 0.6 is 0 Å². The molecule has 0 bridgehead atoms. The second kappa shape index (κ2) is 7.40. The van der Waals surface area contributed by atoms with Crippen LogP contribution in [0.15, 0.2) is 18.2 Å². The molecule has 0 radical (unpaired) electrons. The second-order valence-corrected chi connectivity index (χ2v) is 6.18. The fraction of sp³-hybridized carbons (Fsp3) is 0.500. The number of nitrogens with zero attached hydrogens (tertiary/aromatic N) is 1. The predicted molar refractivity (Wildman–Crippen MR) is 85.0 cm³/mol. The lowest BCUT2D eigenvalue weighted by Crippen LogP contribution is -2.50. The molecule has 0 spiro atoms. The van der Waals surface area contributed by atoms with Crippen LogP contribution in [0.1, 0.15) is 19.3 Å². The summed E-state index contributed by atoms with van der Waals surface area (Å²) < 4.78 is 48.3. The topological polar surface area (TPSA) is 79.9 Å². The van der Waals surface area contributed by atoms with E-state index in [0.29, 0.717) is 30.0 Å².